The molecule has 19 heavy (non-hydrogen) atoms. The van der Waals surface area contributed by atoms with Gasteiger partial charge in [0.2, 0.25) is 0 Å². The van der Waals surface area contributed by atoms with E-state index in [1.54, 1.807) is 0 Å². The van der Waals surface area contributed by atoms with Crippen molar-refractivity contribution in [3.63, 3.8) is 0 Å². The molecule has 0 N–H and O–H groups in total. The summed E-state index contributed by atoms with van der Waals surface area (Å²) in [5.41, 5.74) is 2.90. The van der Waals surface area contributed by atoms with Crippen molar-refractivity contribution in [1.29, 1.82) is 0 Å². The van der Waals surface area contributed by atoms with E-state index in [0.717, 1.165) is 5.92 Å². The highest BCUT2D eigenvalue weighted by molar-refractivity contribution is 7.99. The first-order valence-electron chi connectivity index (χ1n) is 7.96. The summed E-state index contributed by atoms with van der Waals surface area (Å²) in [5.74, 6) is 2.34. The summed E-state index contributed by atoms with van der Waals surface area (Å²) in [4.78, 5) is 1.48. The highest BCUT2D eigenvalue weighted by atomic mass is 32.2. The minimum atomic E-state index is 1.06. The second-order valence-electron chi connectivity index (χ2n) is 6.05. The molecule has 1 aromatic rings. The van der Waals surface area contributed by atoms with Gasteiger partial charge in [0.15, 0.2) is 0 Å². The van der Waals surface area contributed by atoms with Gasteiger partial charge in [-0.1, -0.05) is 57.1 Å². The van der Waals surface area contributed by atoms with E-state index in [-0.39, 0.29) is 0 Å². The maximum atomic E-state index is 2.27. The lowest BCUT2D eigenvalue weighted by atomic mass is 9.86. The van der Waals surface area contributed by atoms with Crippen molar-refractivity contribution in [3.8, 4) is 0 Å². The van der Waals surface area contributed by atoms with Crippen LogP contribution in [0.25, 0.3) is 0 Å². The first kappa shape index (κ1) is 15.0. The third-order valence-corrected chi connectivity index (χ3v) is 5.79. The van der Waals surface area contributed by atoms with Crippen LogP contribution in [0.5, 0.6) is 0 Å². The van der Waals surface area contributed by atoms with Crippen LogP contribution >= 0.6 is 11.8 Å². The molecule has 0 aliphatic heterocycles. The Morgan fingerprint density at radius 2 is 1.84 bits per heavy atom. The lowest BCUT2D eigenvalue weighted by molar-refractivity contribution is 0.332. The van der Waals surface area contributed by atoms with E-state index in [9.17, 15) is 0 Å². The molecule has 1 heteroatoms. The molecule has 1 aromatic carbocycles. The molecule has 0 aromatic heterocycles. The fourth-order valence-corrected chi connectivity index (χ4v) is 4.19. The van der Waals surface area contributed by atoms with Crippen LogP contribution in [-0.2, 0) is 0 Å². The molecule has 0 radical (unpaired) electrons. The van der Waals surface area contributed by atoms with Gasteiger partial charge < -0.3 is 0 Å². The van der Waals surface area contributed by atoms with Gasteiger partial charge in [-0.25, -0.2) is 0 Å². The van der Waals surface area contributed by atoms with E-state index in [1.807, 2.05) is 11.8 Å². The number of unbranched alkanes of at least 4 members (excludes halogenated alkanes) is 1. The number of rotatable bonds is 6. The highest BCUT2D eigenvalue weighted by Gasteiger charge is 2.12. The standard InChI is InChI=1S/C18H28S/c1-15-9-8-13-18(16(15)2)19-14-7-6-12-17-10-4-3-5-11-17/h8-9,13,17H,3-7,10-12,14H2,1-2H3. The Bertz CT molecular complexity index is 377. The molecule has 0 atom stereocenters. The van der Waals surface area contributed by atoms with E-state index in [0.29, 0.717) is 0 Å². The van der Waals surface area contributed by atoms with Crippen LogP contribution in [0.2, 0.25) is 0 Å². The zero-order chi connectivity index (χ0) is 13.5. The van der Waals surface area contributed by atoms with Crippen LogP contribution in [0.4, 0.5) is 0 Å². The molecule has 1 aliphatic rings. The predicted octanol–water partition coefficient (Wildman–Crippen LogP) is 6.15. The Hall–Kier alpha value is -0.430. The van der Waals surface area contributed by atoms with Crippen molar-refractivity contribution in [3.05, 3.63) is 29.3 Å². The number of hydrogen-bond donors (Lipinski definition) is 0. The molecular formula is C18H28S. The Morgan fingerprint density at radius 3 is 2.63 bits per heavy atom. The first-order valence-corrected chi connectivity index (χ1v) is 8.95. The minimum absolute atomic E-state index is 1.06. The van der Waals surface area contributed by atoms with Crippen molar-refractivity contribution in [2.24, 2.45) is 5.92 Å². The Morgan fingerprint density at radius 1 is 1.05 bits per heavy atom. The Balaban J connectivity index is 1.62. The number of hydrogen-bond acceptors (Lipinski definition) is 1. The number of thioether (sulfide) groups is 1. The molecule has 1 fully saturated rings. The van der Waals surface area contributed by atoms with Gasteiger partial charge in [-0.05, 0) is 49.1 Å². The lowest BCUT2D eigenvalue weighted by Crippen LogP contribution is -2.05. The van der Waals surface area contributed by atoms with Crippen LogP contribution in [0.3, 0.4) is 0 Å². The number of benzene rings is 1. The molecule has 0 saturated heterocycles. The first-order chi connectivity index (χ1) is 9.27. The molecule has 0 unspecified atom stereocenters. The van der Waals surface area contributed by atoms with Crippen LogP contribution in [-0.4, -0.2) is 5.75 Å². The van der Waals surface area contributed by atoms with Gasteiger partial charge in [0.1, 0.15) is 0 Å². The van der Waals surface area contributed by atoms with Crippen molar-refractivity contribution in [2.45, 2.75) is 70.1 Å². The van der Waals surface area contributed by atoms with E-state index in [1.165, 1.54) is 73.1 Å². The van der Waals surface area contributed by atoms with E-state index >= 15 is 0 Å². The van der Waals surface area contributed by atoms with Crippen molar-refractivity contribution in [1.82, 2.24) is 0 Å². The molecule has 0 nitrogen and oxygen atoms in total. The van der Waals surface area contributed by atoms with Crippen molar-refractivity contribution < 1.29 is 0 Å². The fraction of sp³-hybridized carbons (Fsp3) is 0.667. The molecule has 0 spiro atoms. The van der Waals surface area contributed by atoms with Crippen LogP contribution in [0, 0.1) is 19.8 Å². The highest BCUT2D eigenvalue weighted by Crippen LogP contribution is 2.29. The van der Waals surface area contributed by atoms with Gasteiger partial charge in [-0.15, -0.1) is 11.8 Å². The zero-order valence-electron chi connectivity index (χ0n) is 12.6. The summed E-state index contributed by atoms with van der Waals surface area (Å²) in [6, 6.07) is 6.67. The molecule has 2 rings (SSSR count). The second kappa shape index (κ2) is 7.99. The third-order valence-electron chi connectivity index (χ3n) is 4.54. The maximum absolute atomic E-state index is 2.27. The van der Waals surface area contributed by atoms with E-state index in [4.69, 9.17) is 0 Å². The topological polar surface area (TPSA) is 0 Å². The third kappa shape index (κ3) is 4.87. The molecule has 1 aliphatic carbocycles. The van der Waals surface area contributed by atoms with Gasteiger partial charge >= 0.3 is 0 Å². The lowest BCUT2D eigenvalue weighted by Gasteiger charge is -2.21. The van der Waals surface area contributed by atoms with Crippen LogP contribution < -0.4 is 0 Å². The quantitative estimate of drug-likeness (QED) is 0.444. The van der Waals surface area contributed by atoms with E-state index < -0.39 is 0 Å². The fourth-order valence-electron chi connectivity index (χ4n) is 3.07. The van der Waals surface area contributed by atoms with E-state index in [2.05, 4.69) is 32.0 Å². The SMILES string of the molecule is Cc1cccc(SCCCCC2CCCCC2)c1C. The normalized spacial score (nSPS) is 16.7. The summed E-state index contributed by atoms with van der Waals surface area (Å²) in [7, 11) is 0. The average Bonchev–Trinajstić information content (AvgIpc) is 2.44. The molecular weight excluding hydrogens is 248 g/mol. The summed E-state index contributed by atoms with van der Waals surface area (Å²) in [6.07, 6.45) is 11.8. The second-order valence-corrected chi connectivity index (χ2v) is 7.18. The zero-order valence-corrected chi connectivity index (χ0v) is 13.4. The molecule has 0 heterocycles. The van der Waals surface area contributed by atoms with Crippen molar-refractivity contribution >= 4 is 11.8 Å². The largest absolute Gasteiger partial charge is 0.126 e. The van der Waals surface area contributed by atoms with Crippen LogP contribution in [0.1, 0.15) is 62.5 Å². The van der Waals surface area contributed by atoms with Crippen molar-refractivity contribution in [2.75, 3.05) is 5.75 Å². The number of aryl methyl sites for hydroxylation is 1. The molecule has 0 bridgehead atoms. The van der Waals surface area contributed by atoms with Gasteiger partial charge in [0, 0.05) is 4.90 Å². The molecule has 0 amide bonds. The minimum Gasteiger partial charge on any atom is -0.126 e. The predicted molar refractivity (Wildman–Crippen MR) is 87.1 cm³/mol. The van der Waals surface area contributed by atoms with Gasteiger partial charge in [0.25, 0.3) is 0 Å². The Labute approximate surface area is 123 Å². The molecule has 1 saturated carbocycles. The van der Waals surface area contributed by atoms with Gasteiger partial charge in [0.05, 0.1) is 0 Å². The van der Waals surface area contributed by atoms with Gasteiger partial charge in [-0.2, -0.15) is 0 Å². The summed E-state index contributed by atoms with van der Waals surface area (Å²) < 4.78 is 0. The summed E-state index contributed by atoms with van der Waals surface area (Å²) in [5, 5.41) is 0. The van der Waals surface area contributed by atoms with Crippen LogP contribution in [0.15, 0.2) is 23.1 Å². The average molecular weight is 276 g/mol. The summed E-state index contributed by atoms with van der Waals surface area (Å²) >= 11 is 2.05. The summed E-state index contributed by atoms with van der Waals surface area (Å²) in [6.45, 7) is 4.46. The van der Waals surface area contributed by atoms with Gasteiger partial charge in [-0.3, -0.25) is 0 Å². The maximum Gasteiger partial charge on any atom is 0.0104 e. The smallest absolute Gasteiger partial charge is 0.0104 e. The Kier molecular flexibility index (Phi) is 6.30. The molecule has 106 valence electrons. The monoisotopic (exact) mass is 276 g/mol.